The van der Waals surface area contributed by atoms with Gasteiger partial charge in [-0.25, -0.2) is 4.68 Å². The molecule has 1 unspecified atom stereocenters. The molecule has 0 fully saturated rings. The molecule has 7 nitrogen and oxygen atoms in total. The lowest BCUT2D eigenvalue weighted by Crippen LogP contribution is -2.18. The maximum Gasteiger partial charge on any atom is 0.209 e. The van der Waals surface area contributed by atoms with E-state index in [1.54, 1.807) is 0 Å². The Morgan fingerprint density at radius 3 is 2.86 bits per heavy atom. The van der Waals surface area contributed by atoms with Gasteiger partial charge in [-0.05, 0) is 16.0 Å². The summed E-state index contributed by atoms with van der Waals surface area (Å²) in [5.74, 6) is 0.431. The summed E-state index contributed by atoms with van der Waals surface area (Å²) < 4.78 is 6.97. The van der Waals surface area contributed by atoms with E-state index in [1.807, 2.05) is 30.3 Å². The molecule has 0 bridgehead atoms. The van der Waals surface area contributed by atoms with Crippen LogP contribution in [0.2, 0.25) is 0 Å². The second-order valence-corrected chi connectivity index (χ2v) is 5.36. The number of aromatic nitrogens is 4. The molecule has 0 spiro atoms. The molecule has 8 heteroatoms. The fraction of sp³-hybridized carbons (Fsp3) is 0.462. The summed E-state index contributed by atoms with van der Waals surface area (Å²) in [6.45, 7) is 1.05. The highest BCUT2D eigenvalue weighted by Crippen LogP contribution is 2.15. The van der Waals surface area contributed by atoms with Crippen LogP contribution in [0.4, 0.5) is 0 Å². The van der Waals surface area contributed by atoms with Gasteiger partial charge in [0.2, 0.25) is 5.16 Å². The van der Waals surface area contributed by atoms with Crippen molar-refractivity contribution in [2.45, 2.75) is 24.4 Å². The lowest BCUT2D eigenvalue weighted by Gasteiger charge is -2.10. The third-order valence-electron chi connectivity index (χ3n) is 2.64. The van der Waals surface area contributed by atoms with Crippen LogP contribution in [0.3, 0.4) is 0 Å². The molecule has 1 heterocycles. The quantitative estimate of drug-likeness (QED) is 0.645. The number of benzene rings is 1. The number of aliphatic hydroxyl groups is 2. The van der Waals surface area contributed by atoms with Gasteiger partial charge in [0.25, 0.3) is 0 Å². The molecule has 0 radical (unpaired) electrons. The van der Waals surface area contributed by atoms with Gasteiger partial charge in [0, 0.05) is 5.75 Å². The highest BCUT2D eigenvalue weighted by molar-refractivity contribution is 7.99. The van der Waals surface area contributed by atoms with Crippen molar-refractivity contribution >= 4 is 11.8 Å². The average molecular weight is 310 g/mol. The topological polar surface area (TPSA) is 93.3 Å². The van der Waals surface area contributed by atoms with Gasteiger partial charge in [-0.1, -0.05) is 42.1 Å². The van der Waals surface area contributed by atoms with Crippen LogP contribution in [-0.4, -0.2) is 55.5 Å². The van der Waals surface area contributed by atoms with Crippen LogP contribution in [-0.2, 0) is 17.9 Å². The zero-order valence-electron chi connectivity index (χ0n) is 11.5. The minimum absolute atomic E-state index is 0.0264. The molecule has 1 aromatic carbocycles. The molecule has 0 saturated carbocycles. The molecule has 2 N–H and O–H groups in total. The summed E-state index contributed by atoms with van der Waals surface area (Å²) in [5.41, 5.74) is 1.07. The number of aliphatic hydroxyl groups excluding tert-OH is 2. The van der Waals surface area contributed by atoms with Crippen LogP contribution in [0.5, 0.6) is 0 Å². The van der Waals surface area contributed by atoms with Gasteiger partial charge in [0.05, 0.1) is 32.5 Å². The Kier molecular flexibility index (Phi) is 6.61. The highest BCUT2D eigenvalue weighted by atomic mass is 32.2. The smallest absolute Gasteiger partial charge is 0.209 e. The summed E-state index contributed by atoms with van der Waals surface area (Å²) in [7, 11) is 0. The fourth-order valence-electron chi connectivity index (χ4n) is 1.64. The van der Waals surface area contributed by atoms with Crippen molar-refractivity contribution in [2.75, 3.05) is 19.0 Å². The second kappa shape index (κ2) is 8.73. The van der Waals surface area contributed by atoms with Crippen LogP contribution in [0.25, 0.3) is 0 Å². The van der Waals surface area contributed by atoms with E-state index in [0.717, 1.165) is 5.56 Å². The molecule has 21 heavy (non-hydrogen) atoms. The minimum Gasteiger partial charge on any atom is -0.394 e. The third-order valence-corrected chi connectivity index (χ3v) is 3.74. The van der Waals surface area contributed by atoms with Crippen LogP contribution in [0, 0.1) is 0 Å². The predicted octanol–water partition coefficient (Wildman–Crippen LogP) is 0.335. The van der Waals surface area contributed by atoms with Crippen LogP contribution in [0.15, 0.2) is 35.5 Å². The maximum absolute atomic E-state index is 9.87. The number of hydrogen-bond donors (Lipinski definition) is 2. The van der Waals surface area contributed by atoms with Crippen molar-refractivity contribution in [1.29, 1.82) is 0 Å². The molecule has 0 aliphatic heterocycles. The Balaban J connectivity index is 1.67. The summed E-state index contributed by atoms with van der Waals surface area (Å²) in [6.07, 6.45) is -0.599. The van der Waals surface area contributed by atoms with E-state index in [0.29, 0.717) is 24.1 Å². The minimum atomic E-state index is -0.599. The molecular weight excluding hydrogens is 292 g/mol. The monoisotopic (exact) mass is 310 g/mol. The van der Waals surface area contributed by atoms with E-state index < -0.39 is 6.10 Å². The van der Waals surface area contributed by atoms with E-state index in [-0.39, 0.29) is 13.2 Å². The van der Waals surface area contributed by atoms with Gasteiger partial charge < -0.3 is 14.9 Å². The zero-order valence-corrected chi connectivity index (χ0v) is 12.3. The van der Waals surface area contributed by atoms with Crippen LogP contribution in [0.1, 0.15) is 5.56 Å². The Hall–Kier alpha value is -1.48. The predicted molar refractivity (Wildman–Crippen MR) is 77.7 cm³/mol. The summed E-state index contributed by atoms with van der Waals surface area (Å²) in [6, 6.07) is 9.80. The number of rotatable bonds is 9. The van der Waals surface area contributed by atoms with Gasteiger partial charge in [0.1, 0.15) is 0 Å². The zero-order chi connectivity index (χ0) is 14.9. The first-order chi connectivity index (χ1) is 10.3. The van der Waals surface area contributed by atoms with E-state index >= 15 is 0 Å². The number of hydrogen-bond acceptors (Lipinski definition) is 7. The normalized spacial score (nSPS) is 12.5. The van der Waals surface area contributed by atoms with Crippen molar-refractivity contribution < 1.29 is 14.9 Å². The summed E-state index contributed by atoms with van der Waals surface area (Å²) >= 11 is 1.33. The molecule has 0 aliphatic carbocycles. The Labute approximate surface area is 126 Å². The van der Waals surface area contributed by atoms with Gasteiger partial charge in [-0.3, -0.25) is 0 Å². The first-order valence-electron chi connectivity index (χ1n) is 6.59. The van der Waals surface area contributed by atoms with E-state index in [4.69, 9.17) is 9.84 Å². The molecule has 2 rings (SSSR count). The molecular formula is C13H18N4O3S. The van der Waals surface area contributed by atoms with E-state index in [2.05, 4.69) is 15.5 Å². The first kappa shape index (κ1) is 15.9. The molecule has 1 aromatic heterocycles. The fourth-order valence-corrected chi connectivity index (χ4v) is 2.45. The molecule has 2 aromatic rings. The van der Waals surface area contributed by atoms with Crippen LogP contribution >= 0.6 is 11.8 Å². The van der Waals surface area contributed by atoms with Gasteiger partial charge in [-0.2, -0.15) is 0 Å². The number of nitrogens with zero attached hydrogens (tertiary/aromatic N) is 4. The van der Waals surface area contributed by atoms with Crippen LogP contribution < -0.4 is 0 Å². The highest BCUT2D eigenvalue weighted by Gasteiger charge is 2.10. The second-order valence-electron chi connectivity index (χ2n) is 4.37. The Bertz CT molecular complexity index is 523. The van der Waals surface area contributed by atoms with E-state index in [9.17, 15) is 5.11 Å². The maximum atomic E-state index is 9.87. The summed E-state index contributed by atoms with van der Waals surface area (Å²) in [5, 5.41) is 30.4. The van der Waals surface area contributed by atoms with Crippen molar-refractivity contribution in [2.24, 2.45) is 0 Å². The van der Waals surface area contributed by atoms with Crippen molar-refractivity contribution in [3.05, 3.63) is 35.9 Å². The van der Waals surface area contributed by atoms with Crippen molar-refractivity contribution in [1.82, 2.24) is 20.2 Å². The SMILES string of the molecule is OCCn1nnnc1SCC(O)COCc1ccccc1. The Morgan fingerprint density at radius 2 is 2.10 bits per heavy atom. The molecule has 114 valence electrons. The largest absolute Gasteiger partial charge is 0.394 e. The lowest BCUT2D eigenvalue weighted by atomic mass is 10.2. The number of ether oxygens (including phenoxy) is 1. The van der Waals surface area contributed by atoms with Crippen molar-refractivity contribution in [3.63, 3.8) is 0 Å². The van der Waals surface area contributed by atoms with Gasteiger partial charge in [-0.15, -0.1) is 5.10 Å². The summed E-state index contributed by atoms with van der Waals surface area (Å²) in [4.78, 5) is 0. The van der Waals surface area contributed by atoms with Gasteiger partial charge >= 0.3 is 0 Å². The number of tetrazole rings is 1. The number of thioether (sulfide) groups is 1. The molecule has 0 amide bonds. The lowest BCUT2D eigenvalue weighted by molar-refractivity contribution is 0.0397. The standard InChI is InChI=1S/C13H18N4O3S/c18-7-6-17-13(14-15-16-17)21-10-12(19)9-20-8-11-4-2-1-3-5-11/h1-5,12,18-19H,6-10H2. The van der Waals surface area contributed by atoms with Gasteiger partial charge in [0.15, 0.2) is 0 Å². The van der Waals surface area contributed by atoms with E-state index in [1.165, 1.54) is 16.4 Å². The Morgan fingerprint density at radius 1 is 1.29 bits per heavy atom. The molecule has 0 aliphatic rings. The average Bonchev–Trinajstić information content (AvgIpc) is 2.94. The molecule has 1 atom stereocenters. The molecule has 0 saturated heterocycles. The first-order valence-corrected chi connectivity index (χ1v) is 7.57. The third kappa shape index (κ3) is 5.43. The van der Waals surface area contributed by atoms with Crippen molar-refractivity contribution in [3.8, 4) is 0 Å².